The Bertz CT molecular complexity index is 1090. The molecule has 2 heterocycles. The van der Waals surface area contributed by atoms with Crippen LogP contribution in [0.1, 0.15) is 28.4 Å². The Morgan fingerprint density at radius 1 is 1.33 bits per heavy atom. The van der Waals surface area contributed by atoms with E-state index in [4.69, 9.17) is 0 Å². The summed E-state index contributed by atoms with van der Waals surface area (Å²) in [5, 5.41) is 12.0. The van der Waals surface area contributed by atoms with E-state index >= 15 is 4.39 Å². The highest BCUT2D eigenvalue weighted by Gasteiger charge is 2.42. The van der Waals surface area contributed by atoms with Crippen LogP contribution in [-0.2, 0) is 0 Å². The summed E-state index contributed by atoms with van der Waals surface area (Å²) in [4.78, 5) is 25.6. The Labute approximate surface area is 169 Å². The van der Waals surface area contributed by atoms with E-state index in [-0.39, 0.29) is 36.1 Å². The van der Waals surface area contributed by atoms with Gasteiger partial charge >= 0.3 is 5.97 Å². The zero-order valence-electron chi connectivity index (χ0n) is 16.3. The van der Waals surface area contributed by atoms with E-state index in [1.807, 2.05) is 0 Å². The lowest BCUT2D eigenvalue weighted by molar-refractivity contribution is 0.0694. The number of pyridine rings is 1. The fraction of sp³-hybridized carbons (Fsp3) is 0.500. The first kappa shape index (κ1) is 20.6. The molecule has 30 heavy (non-hydrogen) atoms. The summed E-state index contributed by atoms with van der Waals surface area (Å²) in [7, 11) is 1.56. The van der Waals surface area contributed by atoms with Crippen molar-refractivity contribution in [3.8, 4) is 0 Å². The molecule has 0 radical (unpaired) electrons. The highest BCUT2D eigenvalue weighted by atomic mass is 19.3. The van der Waals surface area contributed by atoms with Gasteiger partial charge in [0, 0.05) is 37.1 Å². The lowest BCUT2D eigenvalue weighted by atomic mass is 10.0. The Balaban J connectivity index is 1.93. The lowest BCUT2D eigenvalue weighted by Gasteiger charge is -2.24. The molecule has 2 aromatic rings. The maximum atomic E-state index is 15.1. The van der Waals surface area contributed by atoms with Crippen molar-refractivity contribution in [2.45, 2.75) is 38.0 Å². The zero-order valence-corrected chi connectivity index (χ0v) is 16.3. The van der Waals surface area contributed by atoms with Crippen molar-refractivity contribution >= 4 is 22.6 Å². The van der Waals surface area contributed by atoms with Gasteiger partial charge in [-0.3, -0.25) is 4.79 Å². The predicted octanol–water partition coefficient (Wildman–Crippen LogP) is 2.72. The number of fused-ring (bicyclic) bond motifs is 1. The van der Waals surface area contributed by atoms with Gasteiger partial charge in [-0.15, -0.1) is 0 Å². The number of nitrogens with zero attached hydrogens (tertiary/aromatic N) is 2. The van der Waals surface area contributed by atoms with Crippen molar-refractivity contribution in [3.63, 3.8) is 0 Å². The fourth-order valence-electron chi connectivity index (χ4n) is 4.48. The highest BCUT2D eigenvalue weighted by Crippen LogP contribution is 2.43. The van der Waals surface area contributed by atoms with Gasteiger partial charge in [-0.1, -0.05) is 0 Å². The molecule has 1 saturated carbocycles. The van der Waals surface area contributed by atoms with Crippen molar-refractivity contribution < 1.29 is 27.5 Å². The number of aryl methyl sites for hydroxylation is 1. The van der Waals surface area contributed by atoms with Crippen molar-refractivity contribution in [2.75, 3.05) is 25.0 Å². The minimum absolute atomic E-state index is 0.0678. The monoisotopic (exact) mass is 427 g/mol. The van der Waals surface area contributed by atoms with Gasteiger partial charge in [-0.05, 0) is 25.6 Å². The van der Waals surface area contributed by atoms with Gasteiger partial charge < -0.3 is 19.9 Å². The third kappa shape index (κ3) is 3.13. The van der Waals surface area contributed by atoms with Gasteiger partial charge in [-0.2, -0.15) is 0 Å². The van der Waals surface area contributed by atoms with Crippen molar-refractivity contribution in [2.24, 2.45) is 5.92 Å². The number of aromatic carboxylic acids is 1. The van der Waals surface area contributed by atoms with E-state index in [1.54, 1.807) is 7.05 Å². The molecular weight excluding hydrogens is 406 g/mol. The highest BCUT2D eigenvalue weighted by molar-refractivity contribution is 5.95. The van der Waals surface area contributed by atoms with Gasteiger partial charge in [0.15, 0.2) is 0 Å². The number of carboxylic acid groups (broad SMARTS) is 1. The third-order valence-electron chi connectivity index (χ3n) is 6.12. The van der Waals surface area contributed by atoms with E-state index in [0.717, 1.165) is 12.3 Å². The molecule has 4 rings (SSSR count). The van der Waals surface area contributed by atoms with E-state index in [2.05, 4.69) is 5.32 Å². The number of benzene rings is 1. The minimum atomic E-state index is -2.59. The van der Waals surface area contributed by atoms with Crippen LogP contribution >= 0.6 is 0 Å². The molecule has 2 aliphatic rings. The number of anilines is 1. The van der Waals surface area contributed by atoms with Crippen LogP contribution in [0.25, 0.3) is 10.9 Å². The SMILES string of the molecule is CN[C@@H]1CN(c2c(F)cc3c(=O)c(C(=O)O)cn([C@@H]4C[C@@H]4F)c3c2C)C[C@@H]1C(F)F. The second kappa shape index (κ2) is 7.26. The standard InChI is InChI=1S/C20H21F4N3O3/c1-8-16-9(18(28)11(20(29)30)6-27(16)15-4-12(15)21)3-13(22)17(8)26-5-10(19(23)24)14(7-26)25-2/h3,6,10,12,14-15,19,25H,4-5,7H2,1-2H3,(H,29,30)/t10-,12-,14+,15+/m0/s1. The normalized spacial score (nSPS) is 26.0. The molecule has 0 unspecified atom stereocenters. The molecule has 0 amide bonds. The Morgan fingerprint density at radius 2 is 2.00 bits per heavy atom. The summed E-state index contributed by atoms with van der Waals surface area (Å²) < 4.78 is 57.2. The summed E-state index contributed by atoms with van der Waals surface area (Å²) in [6, 6.07) is -0.266. The second-order valence-electron chi connectivity index (χ2n) is 7.93. The maximum Gasteiger partial charge on any atom is 0.341 e. The quantitative estimate of drug-likeness (QED) is 0.718. The van der Waals surface area contributed by atoms with Crippen molar-refractivity contribution in [3.05, 3.63) is 39.4 Å². The first-order chi connectivity index (χ1) is 14.1. The van der Waals surface area contributed by atoms with Gasteiger partial charge in [-0.25, -0.2) is 22.4 Å². The number of carboxylic acids is 1. The van der Waals surface area contributed by atoms with Gasteiger partial charge in [0.2, 0.25) is 11.9 Å². The lowest BCUT2D eigenvalue weighted by Crippen LogP contribution is -2.36. The van der Waals surface area contributed by atoms with E-state index < -0.39 is 53.4 Å². The van der Waals surface area contributed by atoms with Gasteiger partial charge in [0.05, 0.1) is 23.2 Å². The largest absolute Gasteiger partial charge is 0.477 e. The van der Waals surface area contributed by atoms with Gasteiger partial charge in [0.25, 0.3) is 0 Å². The predicted molar refractivity (Wildman–Crippen MR) is 103 cm³/mol. The van der Waals surface area contributed by atoms with Crippen molar-refractivity contribution in [1.29, 1.82) is 0 Å². The number of hydrogen-bond acceptors (Lipinski definition) is 4. The van der Waals surface area contributed by atoms with E-state index in [1.165, 1.54) is 16.4 Å². The Morgan fingerprint density at radius 3 is 2.50 bits per heavy atom. The van der Waals surface area contributed by atoms with E-state index in [0.29, 0.717) is 5.56 Å². The fourth-order valence-corrected chi connectivity index (χ4v) is 4.48. The first-order valence-corrected chi connectivity index (χ1v) is 9.61. The summed E-state index contributed by atoms with van der Waals surface area (Å²) in [6.07, 6.45) is -2.54. The van der Waals surface area contributed by atoms with Crippen LogP contribution in [0, 0.1) is 18.7 Å². The summed E-state index contributed by atoms with van der Waals surface area (Å²) in [5.41, 5.74) is -0.838. The number of halogens is 4. The second-order valence-corrected chi connectivity index (χ2v) is 7.93. The zero-order chi connectivity index (χ0) is 21.9. The Hall–Kier alpha value is -2.62. The van der Waals surface area contributed by atoms with Crippen LogP contribution in [0.2, 0.25) is 0 Å². The molecular formula is C20H21F4N3O3. The first-order valence-electron chi connectivity index (χ1n) is 9.61. The molecule has 1 aliphatic carbocycles. The Kier molecular flexibility index (Phi) is 5.00. The van der Waals surface area contributed by atoms with Gasteiger partial charge in [0.1, 0.15) is 17.6 Å². The number of aromatic nitrogens is 1. The molecule has 1 aromatic heterocycles. The maximum absolute atomic E-state index is 15.1. The van der Waals surface area contributed by atoms with Crippen molar-refractivity contribution in [1.82, 2.24) is 9.88 Å². The topological polar surface area (TPSA) is 74.6 Å². The summed E-state index contributed by atoms with van der Waals surface area (Å²) in [6.45, 7) is 1.59. The number of rotatable bonds is 5. The molecule has 10 heteroatoms. The number of carbonyl (C=O) groups is 1. The number of likely N-dealkylation sites (N-methyl/N-ethyl adjacent to an activating group) is 1. The average Bonchev–Trinajstić information content (AvgIpc) is 3.24. The van der Waals surface area contributed by atoms with Crippen LogP contribution in [0.4, 0.5) is 23.2 Å². The molecule has 1 aromatic carbocycles. The molecule has 2 N–H and O–H groups in total. The van der Waals surface area contributed by atoms with E-state index in [9.17, 15) is 27.9 Å². The van der Waals surface area contributed by atoms with Crippen LogP contribution in [-0.4, -0.2) is 54.4 Å². The average molecular weight is 427 g/mol. The molecule has 1 saturated heterocycles. The van der Waals surface area contributed by atoms with Crippen LogP contribution in [0.15, 0.2) is 17.1 Å². The number of nitrogens with one attached hydrogen (secondary N) is 1. The molecule has 6 nitrogen and oxygen atoms in total. The minimum Gasteiger partial charge on any atom is -0.477 e. The van der Waals surface area contributed by atoms with Crippen LogP contribution in [0.3, 0.4) is 0 Å². The molecule has 0 bridgehead atoms. The summed E-state index contributed by atoms with van der Waals surface area (Å²) in [5.74, 6) is -3.28. The molecule has 0 spiro atoms. The van der Waals surface area contributed by atoms with Crippen LogP contribution in [0.5, 0.6) is 0 Å². The number of hydrogen-bond donors (Lipinski definition) is 2. The summed E-state index contributed by atoms with van der Waals surface area (Å²) >= 11 is 0. The molecule has 4 atom stereocenters. The number of alkyl halides is 3. The molecule has 162 valence electrons. The van der Waals surface area contributed by atoms with Crippen LogP contribution < -0.4 is 15.6 Å². The molecule has 2 fully saturated rings. The molecule has 1 aliphatic heterocycles. The third-order valence-corrected chi connectivity index (χ3v) is 6.12. The smallest absolute Gasteiger partial charge is 0.341 e.